The van der Waals surface area contributed by atoms with E-state index in [4.69, 9.17) is 10.5 Å². The van der Waals surface area contributed by atoms with Crippen molar-refractivity contribution in [2.45, 2.75) is 18.9 Å². The zero-order valence-electron chi connectivity index (χ0n) is 11.8. The fourth-order valence-electron chi connectivity index (χ4n) is 3.12. The second-order valence-corrected chi connectivity index (χ2v) is 5.36. The minimum Gasteiger partial charge on any atom is -0.464 e. The fraction of sp³-hybridized carbons (Fsp3) is 0.500. The van der Waals surface area contributed by atoms with Gasteiger partial charge in [0.05, 0.1) is 24.8 Å². The molecule has 2 atom stereocenters. The third-order valence-corrected chi connectivity index (χ3v) is 4.17. The van der Waals surface area contributed by atoms with Crippen molar-refractivity contribution in [1.82, 2.24) is 10.3 Å². The van der Waals surface area contributed by atoms with Crippen molar-refractivity contribution < 1.29 is 14.3 Å². The molecule has 3 heterocycles. The lowest BCUT2D eigenvalue weighted by molar-refractivity contribution is -0.123. The molecule has 2 unspecified atom stereocenters. The summed E-state index contributed by atoms with van der Waals surface area (Å²) in [7, 11) is 1.32. The molecule has 1 aromatic rings. The van der Waals surface area contributed by atoms with Gasteiger partial charge in [-0.15, -0.1) is 0 Å². The molecule has 0 aromatic carbocycles. The second kappa shape index (κ2) is 5.23. The number of carbonyl (C=O) groups is 2. The van der Waals surface area contributed by atoms with Crippen molar-refractivity contribution in [2.75, 3.05) is 30.8 Å². The van der Waals surface area contributed by atoms with Crippen LogP contribution >= 0.6 is 0 Å². The Labute approximate surface area is 122 Å². The number of nitrogens with two attached hydrogens (primary N) is 1. The average Bonchev–Trinajstić information content (AvgIpc) is 2.89. The van der Waals surface area contributed by atoms with Crippen LogP contribution in [0.25, 0.3) is 0 Å². The van der Waals surface area contributed by atoms with Crippen molar-refractivity contribution in [3.63, 3.8) is 0 Å². The van der Waals surface area contributed by atoms with E-state index in [1.54, 1.807) is 12.1 Å². The van der Waals surface area contributed by atoms with Crippen LogP contribution in [0.3, 0.4) is 0 Å². The highest BCUT2D eigenvalue weighted by Crippen LogP contribution is 2.33. The van der Waals surface area contributed by atoms with Gasteiger partial charge in [0.1, 0.15) is 0 Å². The number of esters is 1. The van der Waals surface area contributed by atoms with Crippen LogP contribution in [0.2, 0.25) is 0 Å². The normalized spacial score (nSPS) is 24.4. The van der Waals surface area contributed by atoms with E-state index >= 15 is 0 Å². The molecule has 0 aliphatic carbocycles. The van der Waals surface area contributed by atoms with Gasteiger partial charge in [-0.2, -0.15) is 0 Å². The summed E-state index contributed by atoms with van der Waals surface area (Å²) in [6.07, 6.45) is 1.78. The van der Waals surface area contributed by atoms with Crippen molar-refractivity contribution in [3.8, 4) is 0 Å². The number of nitrogens with one attached hydrogen (secondary N) is 1. The molecule has 2 aliphatic rings. The number of methoxy groups -OCH3 is 1. The number of nitrogen functional groups attached to an aromatic ring is 1. The van der Waals surface area contributed by atoms with Gasteiger partial charge in [0.2, 0.25) is 5.91 Å². The van der Waals surface area contributed by atoms with E-state index in [1.807, 2.05) is 4.90 Å². The lowest BCUT2D eigenvalue weighted by Gasteiger charge is -2.37. The summed E-state index contributed by atoms with van der Waals surface area (Å²) in [6, 6.07) is 3.25. The molecule has 1 aromatic heterocycles. The highest BCUT2D eigenvalue weighted by Gasteiger charge is 2.41. The lowest BCUT2D eigenvalue weighted by Crippen LogP contribution is -2.46. The second-order valence-electron chi connectivity index (χ2n) is 5.36. The first-order valence-electron chi connectivity index (χ1n) is 7.01. The Morgan fingerprint density at radius 2 is 2.33 bits per heavy atom. The number of carbonyl (C=O) groups excluding carboxylic acids is 2. The summed E-state index contributed by atoms with van der Waals surface area (Å²) in [5, 5.41) is 2.89. The van der Waals surface area contributed by atoms with Gasteiger partial charge in [-0.25, -0.2) is 9.78 Å². The monoisotopic (exact) mass is 290 g/mol. The summed E-state index contributed by atoms with van der Waals surface area (Å²) >= 11 is 0. The number of nitrogens with zero attached hydrogens (tertiary/aromatic N) is 2. The van der Waals surface area contributed by atoms with Crippen LogP contribution in [-0.4, -0.2) is 43.1 Å². The fourth-order valence-corrected chi connectivity index (χ4v) is 3.12. The average molecular weight is 290 g/mol. The predicted octanol–water partition coefficient (Wildman–Crippen LogP) is 0.165. The topological polar surface area (TPSA) is 97.5 Å². The van der Waals surface area contributed by atoms with Crippen LogP contribution in [0.4, 0.5) is 11.5 Å². The summed E-state index contributed by atoms with van der Waals surface area (Å²) in [4.78, 5) is 29.8. The third kappa shape index (κ3) is 2.28. The largest absolute Gasteiger partial charge is 0.464 e. The molecule has 0 radical (unpaired) electrons. The molecular weight excluding hydrogens is 272 g/mol. The smallest absolute Gasteiger partial charge is 0.356 e. The van der Waals surface area contributed by atoms with E-state index < -0.39 is 5.97 Å². The first-order valence-corrected chi connectivity index (χ1v) is 7.01. The van der Waals surface area contributed by atoms with Crippen LogP contribution in [-0.2, 0) is 9.53 Å². The number of hydrogen-bond donors (Lipinski definition) is 2. The molecular formula is C14H18N4O3. The van der Waals surface area contributed by atoms with Gasteiger partial charge in [0.15, 0.2) is 11.5 Å². The number of hydrogen-bond acceptors (Lipinski definition) is 6. The van der Waals surface area contributed by atoms with E-state index in [0.717, 1.165) is 19.4 Å². The van der Waals surface area contributed by atoms with Gasteiger partial charge in [-0.1, -0.05) is 0 Å². The molecule has 0 bridgehead atoms. The van der Waals surface area contributed by atoms with Crippen molar-refractivity contribution in [2.24, 2.45) is 5.92 Å². The Morgan fingerprint density at radius 1 is 1.52 bits per heavy atom. The molecule has 0 spiro atoms. The Morgan fingerprint density at radius 3 is 3.10 bits per heavy atom. The van der Waals surface area contributed by atoms with Crippen LogP contribution in [0.1, 0.15) is 23.3 Å². The molecule has 2 fully saturated rings. The van der Waals surface area contributed by atoms with Crippen LogP contribution in [0, 0.1) is 5.92 Å². The lowest BCUT2D eigenvalue weighted by atomic mass is 9.91. The molecule has 7 nitrogen and oxygen atoms in total. The summed E-state index contributed by atoms with van der Waals surface area (Å²) in [6.45, 7) is 1.37. The van der Waals surface area contributed by atoms with E-state index in [-0.39, 0.29) is 23.6 Å². The predicted molar refractivity (Wildman–Crippen MR) is 76.9 cm³/mol. The molecule has 112 valence electrons. The number of piperidine rings is 1. The third-order valence-electron chi connectivity index (χ3n) is 4.17. The Balaban J connectivity index is 1.95. The highest BCUT2D eigenvalue weighted by molar-refractivity contribution is 5.89. The number of pyridine rings is 1. The number of aromatic nitrogens is 1. The number of ether oxygens (including phenoxy) is 1. The summed E-state index contributed by atoms with van der Waals surface area (Å²) < 4.78 is 4.69. The Bertz CT molecular complexity index is 590. The van der Waals surface area contributed by atoms with E-state index in [9.17, 15) is 9.59 Å². The molecule has 0 saturated carbocycles. The zero-order chi connectivity index (χ0) is 15.0. The minimum atomic E-state index is -0.495. The number of anilines is 2. The Kier molecular flexibility index (Phi) is 3.40. The van der Waals surface area contributed by atoms with Crippen molar-refractivity contribution >= 4 is 23.4 Å². The zero-order valence-corrected chi connectivity index (χ0v) is 11.8. The Hall–Kier alpha value is -2.31. The van der Waals surface area contributed by atoms with Gasteiger partial charge in [0.25, 0.3) is 0 Å². The van der Waals surface area contributed by atoms with Gasteiger partial charge in [-0.3, -0.25) is 4.79 Å². The SMILES string of the molecule is COC(=O)c1ccc(N)c(N2CCCC3C(=O)NCC32)n1. The minimum absolute atomic E-state index is 0.0262. The number of rotatable bonds is 2. The molecule has 21 heavy (non-hydrogen) atoms. The summed E-state index contributed by atoms with van der Waals surface area (Å²) in [5.41, 5.74) is 6.74. The van der Waals surface area contributed by atoms with E-state index in [0.29, 0.717) is 18.1 Å². The van der Waals surface area contributed by atoms with E-state index in [2.05, 4.69) is 10.3 Å². The first-order chi connectivity index (χ1) is 10.1. The first kappa shape index (κ1) is 13.7. The van der Waals surface area contributed by atoms with Gasteiger partial charge < -0.3 is 20.7 Å². The summed E-state index contributed by atoms with van der Waals surface area (Å²) in [5.74, 6) is 0.128. The van der Waals surface area contributed by atoms with Crippen molar-refractivity contribution in [3.05, 3.63) is 17.8 Å². The number of amides is 1. The standard InChI is InChI=1S/C14H18N4O3/c1-21-14(20)10-5-4-9(15)12(17-10)18-6-2-3-8-11(18)7-16-13(8)19/h4-5,8,11H,2-3,6-7,15H2,1H3,(H,16,19). The van der Waals surface area contributed by atoms with Crippen LogP contribution < -0.4 is 16.0 Å². The maximum Gasteiger partial charge on any atom is 0.356 e. The molecule has 3 rings (SSSR count). The van der Waals surface area contributed by atoms with E-state index in [1.165, 1.54) is 7.11 Å². The van der Waals surface area contributed by atoms with Crippen LogP contribution in [0.15, 0.2) is 12.1 Å². The molecule has 7 heteroatoms. The maximum absolute atomic E-state index is 11.8. The highest BCUT2D eigenvalue weighted by atomic mass is 16.5. The quantitative estimate of drug-likeness (QED) is 0.753. The molecule has 2 saturated heterocycles. The molecule has 3 N–H and O–H groups in total. The van der Waals surface area contributed by atoms with Crippen LogP contribution in [0.5, 0.6) is 0 Å². The molecule has 2 aliphatic heterocycles. The van der Waals surface area contributed by atoms with Crippen molar-refractivity contribution in [1.29, 1.82) is 0 Å². The van der Waals surface area contributed by atoms with Gasteiger partial charge >= 0.3 is 5.97 Å². The van der Waals surface area contributed by atoms with Gasteiger partial charge in [-0.05, 0) is 25.0 Å². The molecule has 1 amide bonds. The maximum atomic E-state index is 11.8. The van der Waals surface area contributed by atoms with Gasteiger partial charge in [0, 0.05) is 13.1 Å². The number of fused-ring (bicyclic) bond motifs is 1.